The highest BCUT2D eigenvalue weighted by molar-refractivity contribution is 6.33. The van der Waals surface area contributed by atoms with Gasteiger partial charge in [-0.15, -0.1) is 0 Å². The van der Waals surface area contributed by atoms with Crippen LogP contribution in [-0.4, -0.2) is 15.0 Å². The van der Waals surface area contributed by atoms with E-state index in [1.807, 2.05) is 0 Å². The monoisotopic (exact) mass is 316 g/mol. The Labute approximate surface area is 122 Å². The first-order valence-electron chi connectivity index (χ1n) is 5.33. The van der Waals surface area contributed by atoms with Gasteiger partial charge >= 0.3 is 0 Å². The van der Waals surface area contributed by atoms with Crippen LogP contribution in [0.25, 0.3) is 11.3 Å². The number of nitro groups is 1. The summed E-state index contributed by atoms with van der Waals surface area (Å²) in [4.78, 5) is 13.7. The van der Waals surface area contributed by atoms with E-state index in [9.17, 15) is 14.5 Å². The van der Waals surface area contributed by atoms with Crippen molar-refractivity contribution in [2.45, 2.75) is 6.61 Å². The number of aromatic nitrogens is 1. The normalized spacial score (nSPS) is 10.6. The lowest BCUT2D eigenvalue weighted by Crippen LogP contribution is -1.96. The van der Waals surface area contributed by atoms with Crippen LogP contribution >= 0.6 is 23.2 Å². The van der Waals surface area contributed by atoms with Gasteiger partial charge in [-0.25, -0.2) is 9.37 Å². The van der Waals surface area contributed by atoms with Crippen LogP contribution < -0.4 is 0 Å². The lowest BCUT2D eigenvalue weighted by molar-refractivity contribution is -0.385. The fourth-order valence-electron chi connectivity index (χ4n) is 1.62. The molecule has 5 nitrogen and oxygen atoms in total. The first-order valence-corrected chi connectivity index (χ1v) is 6.08. The molecule has 1 aromatic carbocycles. The molecule has 0 radical (unpaired) electrons. The largest absolute Gasteiger partial charge is 0.392 e. The zero-order chi connectivity index (χ0) is 14.9. The summed E-state index contributed by atoms with van der Waals surface area (Å²) in [5, 5.41) is 19.7. The highest BCUT2D eigenvalue weighted by Crippen LogP contribution is 2.33. The van der Waals surface area contributed by atoms with Gasteiger partial charge in [0.2, 0.25) is 0 Å². The van der Waals surface area contributed by atoms with E-state index in [2.05, 4.69) is 4.98 Å². The van der Waals surface area contributed by atoms with E-state index in [-0.39, 0.29) is 33.6 Å². The smallest absolute Gasteiger partial charge is 0.289 e. The zero-order valence-electron chi connectivity index (χ0n) is 9.81. The van der Waals surface area contributed by atoms with Gasteiger partial charge in [0.1, 0.15) is 12.0 Å². The van der Waals surface area contributed by atoms with Crippen LogP contribution in [0.5, 0.6) is 0 Å². The highest BCUT2D eigenvalue weighted by Gasteiger charge is 2.17. The molecule has 0 aliphatic carbocycles. The van der Waals surface area contributed by atoms with Gasteiger partial charge in [0.05, 0.1) is 22.2 Å². The maximum atomic E-state index is 13.9. The average Bonchev–Trinajstić information content (AvgIpc) is 2.39. The van der Waals surface area contributed by atoms with Crippen molar-refractivity contribution in [1.82, 2.24) is 4.98 Å². The lowest BCUT2D eigenvalue weighted by atomic mass is 10.1. The number of aliphatic hydroxyl groups is 1. The van der Waals surface area contributed by atoms with E-state index >= 15 is 0 Å². The molecule has 0 amide bonds. The van der Waals surface area contributed by atoms with Gasteiger partial charge in [0, 0.05) is 16.7 Å². The molecule has 0 saturated carbocycles. The third kappa shape index (κ3) is 2.72. The molecule has 0 aliphatic heterocycles. The zero-order valence-corrected chi connectivity index (χ0v) is 11.3. The van der Waals surface area contributed by atoms with E-state index in [1.165, 1.54) is 6.07 Å². The van der Waals surface area contributed by atoms with Gasteiger partial charge in [-0.3, -0.25) is 10.1 Å². The Balaban J connectivity index is 2.59. The Morgan fingerprint density at radius 1 is 1.30 bits per heavy atom. The SMILES string of the molecule is O=[N+]([O-])c1cnc(-c2cc(CO)c(Cl)cc2F)c(Cl)c1. The Hall–Kier alpha value is -1.76. The summed E-state index contributed by atoms with van der Waals surface area (Å²) in [5.41, 5.74) is 0.0641. The second-order valence-corrected chi connectivity index (χ2v) is 4.68. The van der Waals surface area contributed by atoms with Crippen LogP contribution in [0.4, 0.5) is 10.1 Å². The molecular weight excluding hydrogens is 310 g/mol. The maximum absolute atomic E-state index is 13.9. The lowest BCUT2D eigenvalue weighted by Gasteiger charge is -2.08. The van der Waals surface area contributed by atoms with Crippen LogP contribution in [0.1, 0.15) is 5.56 Å². The molecule has 1 heterocycles. The van der Waals surface area contributed by atoms with Crippen molar-refractivity contribution in [1.29, 1.82) is 0 Å². The molecule has 0 atom stereocenters. The summed E-state index contributed by atoms with van der Waals surface area (Å²) >= 11 is 11.6. The molecule has 0 unspecified atom stereocenters. The molecule has 8 heteroatoms. The Morgan fingerprint density at radius 2 is 2.00 bits per heavy atom. The molecule has 2 aromatic rings. The summed E-state index contributed by atoms with van der Waals surface area (Å²) in [7, 11) is 0. The summed E-state index contributed by atoms with van der Waals surface area (Å²) in [5.74, 6) is -0.685. The Kier molecular flexibility index (Phi) is 4.17. The van der Waals surface area contributed by atoms with Crippen LogP contribution in [0.2, 0.25) is 10.0 Å². The first-order chi connectivity index (χ1) is 9.43. The predicted octanol–water partition coefficient (Wildman–Crippen LogP) is 3.60. The Morgan fingerprint density at radius 3 is 2.55 bits per heavy atom. The highest BCUT2D eigenvalue weighted by atomic mass is 35.5. The number of aliphatic hydroxyl groups excluding tert-OH is 1. The van der Waals surface area contributed by atoms with Crippen LogP contribution in [0, 0.1) is 15.9 Å². The Bertz CT molecular complexity index is 695. The molecule has 1 N–H and O–H groups in total. The number of hydrogen-bond acceptors (Lipinski definition) is 4. The van der Waals surface area contributed by atoms with Gasteiger partial charge in [0.15, 0.2) is 0 Å². The van der Waals surface area contributed by atoms with Gasteiger partial charge < -0.3 is 5.11 Å². The number of nitrogens with zero attached hydrogens (tertiary/aromatic N) is 2. The van der Waals surface area contributed by atoms with E-state index in [4.69, 9.17) is 28.3 Å². The standard InChI is InChI=1S/C12H7Cl2FN2O3/c13-9-3-11(15)8(1-6(9)5-18)12-10(14)2-7(4-16-12)17(19)20/h1-4,18H,5H2. The van der Waals surface area contributed by atoms with Gasteiger partial charge in [-0.1, -0.05) is 23.2 Å². The fraction of sp³-hybridized carbons (Fsp3) is 0.0833. The van der Waals surface area contributed by atoms with Crippen molar-refractivity contribution in [2.75, 3.05) is 0 Å². The molecule has 0 fully saturated rings. The minimum atomic E-state index is -0.685. The van der Waals surface area contributed by atoms with E-state index in [0.717, 1.165) is 18.3 Å². The second kappa shape index (κ2) is 5.70. The fourth-order valence-corrected chi connectivity index (χ4v) is 2.09. The second-order valence-electron chi connectivity index (χ2n) is 3.86. The third-order valence-electron chi connectivity index (χ3n) is 2.60. The van der Waals surface area contributed by atoms with Crippen molar-refractivity contribution in [3.63, 3.8) is 0 Å². The van der Waals surface area contributed by atoms with Gasteiger partial charge in [-0.2, -0.15) is 0 Å². The summed E-state index contributed by atoms with van der Waals surface area (Å²) in [6.07, 6.45) is 0.980. The van der Waals surface area contributed by atoms with Crippen molar-refractivity contribution in [3.05, 3.63) is 55.9 Å². The van der Waals surface area contributed by atoms with Crippen LogP contribution in [0.3, 0.4) is 0 Å². The van der Waals surface area contributed by atoms with E-state index in [1.54, 1.807) is 0 Å². The number of benzene rings is 1. The van der Waals surface area contributed by atoms with Crippen molar-refractivity contribution in [3.8, 4) is 11.3 Å². The van der Waals surface area contributed by atoms with Crippen molar-refractivity contribution in [2.24, 2.45) is 0 Å². The quantitative estimate of drug-likeness (QED) is 0.693. The van der Waals surface area contributed by atoms with Crippen LogP contribution in [0.15, 0.2) is 24.4 Å². The van der Waals surface area contributed by atoms with Crippen molar-refractivity contribution < 1.29 is 14.4 Å². The summed E-state index contributed by atoms with van der Waals surface area (Å²) in [6.45, 7) is -0.378. The minimum absolute atomic E-state index is 0.0124. The molecule has 2 rings (SSSR count). The topological polar surface area (TPSA) is 76.3 Å². The molecule has 104 valence electrons. The number of halogens is 3. The number of rotatable bonds is 3. The summed E-state index contributed by atoms with van der Waals surface area (Å²) in [6, 6.07) is 3.41. The number of hydrogen-bond donors (Lipinski definition) is 1. The predicted molar refractivity (Wildman–Crippen MR) is 72.2 cm³/mol. The number of pyridine rings is 1. The first kappa shape index (κ1) is 14.6. The third-order valence-corrected chi connectivity index (χ3v) is 3.24. The maximum Gasteiger partial charge on any atom is 0.289 e. The minimum Gasteiger partial charge on any atom is -0.392 e. The molecular formula is C12H7Cl2FN2O3. The molecule has 0 bridgehead atoms. The van der Waals surface area contributed by atoms with Gasteiger partial charge in [-0.05, 0) is 17.7 Å². The van der Waals surface area contributed by atoms with Crippen molar-refractivity contribution >= 4 is 28.9 Å². The van der Waals surface area contributed by atoms with Gasteiger partial charge in [0.25, 0.3) is 5.69 Å². The summed E-state index contributed by atoms with van der Waals surface area (Å²) < 4.78 is 13.9. The molecule has 0 spiro atoms. The molecule has 20 heavy (non-hydrogen) atoms. The molecule has 0 saturated heterocycles. The average molecular weight is 317 g/mol. The van der Waals surface area contributed by atoms with Crippen LogP contribution in [-0.2, 0) is 6.61 Å². The molecule has 1 aromatic heterocycles. The van der Waals surface area contributed by atoms with E-state index in [0.29, 0.717) is 5.56 Å². The molecule has 0 aliphatic rings. The van der Waals surface area contributed by atoms with E-state index < -0.39 is 10.7 Å².